The number of halogens is 1. The van der Waals surface area contributed by atoms with Crippen LogP contribution in [0.3, 0.4) is 0 Å². The zero-order valence-corrected chi connectivity index (χ0v) is 14.3. The van der Waals surface area contributed by atoms with Crippen LogP contribution in [0.1, 0.15) is 5.56 Å². The van der Waals surface area contributed by atoms with Gasteiger partial charge in [-0.2, -0.15) is 0 Å². The molecule has 0 saturated carbocycles. The fraction of sp³-hybridized carbons (Fsp3) is 0.235. The second-order valence-electron chi connectivity index (χ2n) is 5.35. The number of benzene rings is 2. The first kappa shape index (κ1) is 17.1. The van der Waals surface area contributed by atoms with E-state index in [1.54, 1.807) is 24.3 Å². The molecule has 1 aliphatic rings. The molecule has 7 heteroatoms. The lowest BCUT2D eigenvalue weighted by atomic mass is 10.1. The number of ether oxygens (including phenoxy) is 2. The minimum absolute atomic E-state index is 0.0107. The highest BCUT2D eigenvalue weighted by atomic mass is 35.5. The molecular weight excluding hydrogens is 350 g/mol. The molecule has 1 heterocycles. The molecule has 0 radical (unpaired) electrons. The fourth-order valence-electron chi connectivity index (χ4n) is 2.24. The predicted molar refractivity (Wildman–Crippen MR) is 93.9 cm³/mol. The molecular formula is C17H16ClNO4S. The molecule has 2 aromatic rings. The number of hydrogen-bond acceptors (Lipinski definition) is 5. The van der Waals surface area contributed by atoms with E-state index in [2.05, 4.69) is 5.32 Å². The van der Waals surface area contributed by atoms with Gasteiger partial charge >= 0.3 is 0 Å². The van der Waals surface area contributed by atoms with Gasteiger partial charge in [-0.3, -0.25) is 4.79 Å². The lowest BCUT2D eigenvalue weighted by Crippen LogP contribution is -2.38. The van der Waals surface area contributed by atoms with E-state index in [1.807, 2.05) is 18.2 Å². The Hall–Kier alpha value is -1.73. The summed E-state index contributed by atoms with van der Waals surface area (Å²) in [5.74, 6) is 0.387. The van der Waals surface area contributed by atoms with Crippen LogP contribution in [0.2, 0.25) is 5.02 Å². The minimum Gasteiger partial charge on any atom is -0.484 e. The van der Waals surface area contributed by atoms with E-state index < -0.39 is 0 Å². The first-order valence-electron chi connectivity index (χ1n) is 7.39. The number of amides is 1. The van der Waals surface area contributed by atoms with Crippen molar-refractivity contribution in [3.63, 3.8) is 0 Å². The molecule has 1 aliphatic heterocycles. The topological polar surface area (TPSA) is 67.8 Å². The normalized spacial score (nSPS) is 14.1. The fourth-order valence-corrected chi connectivity index (χ4v) is 2.82. The average Bonchev–Trinajstić information content (AvgIpc) is 2.54. The van der Waals surface area contributed by atoms with Crippen molar-refractivity contribution in [3.8, 4) is 5.75 Å². The van der Waals surface area contributed by atoms with E-state index in [0.29, 0.717) is 46.6 Å². The van der Waals surface area contributed by atoms with E-state index in [0.717, 1.165) is 5.56 Å². The Morgan fingerprint density at radius 2 is 2.12 bits per heavy atom. The lowest BCUT2D eigenvalue weighted by molar-refractivity contribution is -0.115. The summed E-state index contributed by atoms with van der Waals surface area (Å²) in [6, 6.07) is 12.4. The van der Waals surface area contributed by atoms with E-state index in [-0.39, 0.29) is 18.4 Å². The third-order valence-corrected chi connectivity index (χ3v) is 4.42. The van der Waals surface area contributed by atoms with Gasteiger partial charge < -0.3 is 19.3 Å². The van der Waals surface area contributed by atoms with Gasteiger partial charge in [0.25, 0.3) is 0 Å². The summed E-state index contributed by atoms with van der Waals surface area (Å²) in [6.07, 6.45) is 0.190. The van der Waals surface area contributed by atoms with Crippen molar-refractivity contribution in [2.75, 3.05) is 18.5 Å². The molecule has 1 saturated heterocycles. The third kappa shape index (κ3) is 4.21. The summed E-state index contributed by atoms with van der Waals surface area (Å²) in [6.45, 7) is 1.09. The Morgan fingerprint density at radius 3 is 2.79 bits per heavy atom. The van der Waals surface area contributed by atoms with Crippen molar-refractivity contribution in [1.29, 1.82) is 0 Å². The molecule has 0 unspecified atom stereocenters. The van der Waals surface area contributed by atoms with Crippen LogP contribution in [0.15, 0.2) is 47.4 Å². The molecule has 1 fully saturated rings. The third-order valence-electron chi connectivity index (χ3n) is 3.54. The van der Waals surface area contributed by atoms with E-state index in [1.165, 1.54) is 0 Å². The summed E-state index contributed by atoms with van der Waals surface area (Å²) >= 11 is 6.65. The average molecular weight is 366 g/mol. The maximum absolute atomic E-state index is 12.2. The largest absolute Gasteiger partial charge is 0.484 e. The Balaban J connectivity index is 1.66. The minimum atomic E-state index is -0.182. The van der Waals surface area contributed by atoms with Gasteiger partial charge in [0.05, 0.1) is 24.5 Å². The van der Waals surface area contributed by atoms with Gasteiger partial charge in [-0.15, -0.1) is 0 Å². The standard InChI is InChI=1S/C17H16ClNO4S/c18-14-4-2-1-3-11(14)7-17(20)19-12-5-6-15(16(8-12)24-21)23-13-9-22-10-13/h1-6,8,13,21H,7,9-10H2,(H,19,20). The number of carbonyl (C=O) groups is 1. The Kier molecular flexibility index (Phi) is 5.63. The van der Waals surface area contributed by atoms with Crippen LogP contribution in [-0.2, 0) is 16.0 Å². The molecule has 2 N–H and O–H groups in total. The van der Waals surface area contributed by atoms with Gasteiger partial charge in [-0.1, -0.05) is 29.8 Å². The first-order chi connectivity index (χ1) is 11.7. The van der Waals surface area contributed by atoms with Crippen molar-refractivity contribution in [1.82, 2.24) is 0 Å². The highest BCUT2D eigenvalue weighted by molar-refractivity contribution is 7.93. The molecule has 126 valence electrons. The summed E-state index contributed by atoms with van der Waals surface area (Å²) < 4.78 is 20.2. The van der Waals surface area contributed by atoms with Gasteiger partial charge in [0.2, 0.25) is 5.91 Å². The van der Waals surface area contributed by atoms with Crippen LogP contribution < -0.4 is 10.1 Å². The Labute approximate surface area is 149 Å². The van der Waals surface area contributed by atoms with Crippen LogP contribution in [0.25, 0.3) is 0 Å². The van der Waals surface area contributed by atoms with Crippen molar-refractivity contribution < 1.29 is 18.8 Å². The molecule has 2 aromatic carbocycles. The highest BCUT2D eigenvalue weighted by Crippen LogP contribution is 2.32. The number of rotatable bonds is 6. The molecule has 5 nitrogen and oxygen atoms in total. The molecule has 3 rings (SSSR count). The van der Waals surface area contributed by atoms with Gasteiger partial charge in [-0.05, 0) is 29.8 Å². The van der Waals surface area contributed by atoms with Gasteiger partial charge in [0.15, 0.2) is 0 Å². The molecule has 0 atom stereocenters. The van der Waals surface area contributed by atoms with Crippen LogP contribution in [-0.4, -0.2) is 29.8 Å². The maximum Gasteiger partial charge on any atom is 0.228 e. The molecule has 0 aliphatic carbocycles. The SMILES string of the molecule is O=C(Cc1ccccc1Cl)Nc1ccc(OC2COC2)c(SO)c1. The first-order valence-corrected chi connectivity index (χ1v) is 8.54. The summed E-state index contributed by atoms with van der Waals surface area (Å²) in [7, 11) is 0. The second-order valence-corrected chi connectivity index (χ2v) is 6.38. The molecule has 0 aromatic heterocycles. The predicted octanol–water partition coefficient (Wildman–Crippen LogP) is 3.86. The second kappa shape index (κ2) is 7.90. The van der Waals surface area contributed by atoms with E-state index in [9.17, 15) is 9.35 Å². The Bertz CT molecular complexity index is 736. The number of anilines is 1. The smallest absolute Gasteiger partial charge is 0.228 e. The highest BCUT2D eigenvalue weighted by Gasteiger charge is 2.21. The Morgan fingerprint density at radius 1 is 1.33 bits per heavy atom. The van der Waals surface area contributed by atoms with Crippen LogP contribution in [0.5, 0.6) is 5.75 Å². The van der Waals surface area contributed by atoms with E-state index in [4.69, 9.17) is 21.1 Å². The van der Waals surface area contributed by atoms with Crippen LogP contribution in [0, 0.1) is 0 Å². The van der Waals surface area contributed by atoms with Crippen LogP contribution in [0.4, 0.5) is 5.69 Å². The summed E-state index contributed by atoms with van der Waals surface area (Å²) in [4.78, 5) is 12.7. The number of nitrogens with one attached hydrogen (secondary N) is 1. The van der Waals surface area contributed by atoms with E-state index >= 15 is 0 Å². The monoisotopic (exact) mass is 365 g/mol. The maximum atomic E-state index is 12.2. The molecule has 0 spiro atoms. The lowest BCUT2D eigenvalue weighted by Gasteiger charge is -2.27. The van der Waals surface area contributed by atoms with Crippen molar-refractivity contribution in [3.05, 3.63) is 53.1 Å². The summed E-state index contributed by atoms with van der Waals surface area (Å²) in [5.41, 5.74) is 1.35. The molecule has 0 bridgehead atoms. The zero-order chi connectivity index (χ0) is 16.9. The van der Waals surface area contributed by atoms with Gasteiger partial charge in [0.1, 0.15) is 11.9 Å². The number of carbonyl (C=O) groups excluding carboxylic acids is 1. The molecule has 1 amide bonds. The van der Waals surface area contributed by atoms with Gasteiger partial charge in [-0.25, -0.2) is 0 Å². The number of hydrogen-bond donors (Lipinski definition) is 2. The van der Waals surface area contributed by atoms with Gasteiger partial charge in [0, 0.05) is 22.8 Å². The van der Waals surface area contributed by atoms with Crippen LogP contribution >= 0.6 is 23.6 Å². The molecule has 24 heavy (non-hydrogen) atoms. The quantitative estimate of drug-likeness (QED) is 0.761. The summed E-state index contributed by atoms with van der Waals surface area (Å²) in [5, 5.41) is 3.36. The van der Waals surface area contributed by atoms with Crippen molar-refractivity contribution in [2.45, 2.75) is 17.4 Å². The van der Waals surface area contributed by atoms with Crippen molar-refractivity contribution >= 4 is 35.2 Å². The zero-order valence-electron chi connectivity index (χ0n) is 12.7. The van der Waals surface area contributed by atoms with Crippen molar-refractivity contribution in [2.24, 2.45) is 0 Å².